The molecular formula is C13H20O3. The largest absolute Gasteiger partial charge is 0.392 e. The molecule has 1 unspecified atom stereocenters. The Morgan fingerprint density at radius 1 is 1.31 bits per heavy atom. The van der Waals surface area contributed by atoms with Crippen LogP contribution in [0.1, 0.15) is 20.8 Å². The monoisotopic (exact) mass is 224 g/mol. The van der Waals surface area contributed by atoms with Crippen molar-refractivity contribution >= 4 is 0 Å². The molecule has 0 radical (unpaired) electrons. The van der Waals surface area contributed by atoms with E-state index in [-0.39, 0.29) is 30.7 Å². The zero-order valence-electron chi connectivity index (χ0n) is 10.1. The molecule has 0 aromatic carbocycles. The van der Waals surface area contributed by atoms with Gasteiger partial charge in [-0.15, -0.1) is 0 Å². The quantitative estimate of drug-likeness (QED) is 0.694. The zero-order valence-corrected chi connectivity index (χ0v) is 10.1. The van der Waals surface area contributed by atoms with Crippen LogP contribution in [0.3, 0.4) is 0 Å². The summed E-state index contributed by atoms with van der Waals surface area (Å²) in [6.07, 6.45) is 5.86. The maximum absolute atomic E-state index is 10.8. The minimum atomic E-state index is -0.885. The summed E-state index contributed by atoms with van der Waals surface area (Å²) in [6.45, 7) is 5.82. The number of aliphatic hydroxyl groups is 2. The van der Waals surface area contributed by atoms with Gasteiger partial charge in [0.1, 0.15) is 0 Å². The molecule has 0 spiro atoms. The Hall–Kier alpha value is -0.640. The van der Waals surface area contributed by atoms with Gasteiger partial charge in [0, 0.05) is 11.8 Å². The zero-order chi connectivity index (χ0) is 11.9. The molecule has 2 N–H and O–H groups in total. The normalized spacial score (nSPS) is 47.4. The molecule has 2 bridgehead atoms. The van der Waals surface area contributed by atoms with E-state index >= 15 is 0 Å². The topological polar surface area (TPSA) is 49.7 Å². The van der Waals surface area contributed by atoms with Crippen molar-refractivity contribution in [2.75, 3.05) is 6.61 Å². The first kappa shape index (κ1) is 11.8. The van der Waals surface area contributed by atoms with Crippen LogP contribution in [0.25, 0.3) is 0 Å². The molecule has 1 saturated heterocycles. The van der Waals surface area contributed by atoms with Gasteiger partial charge in [-0.05, 0) is 12.5 Å². The second kappa shape index (κ2) is 3.99. The van der Waals surface area contributed by atoms with Gasteiger partial charge in [0.15, 0.2) is 0 Å². The molecule has 2 aliphatic rings. The van der Waals surface area contributed by atoms with Crippen molar-refractivity contribution in [1.82, 2.24) is 0 Å². The summed E-state index contributed by atoms with van der Waals surface area (Å²) in [4.78, 5) is 0. The Kier molecular flexibility index (Phi) is 2.95. The van der Waals surface area contributed by atoms with E-state index in [0.29, 0.717) is 0 Å². The minimum absolute atomic E-state index is 0.00561. The van der Waals surface area contributed by atoms with Gasteiger partial charge in [-0.3, -0.25) is 0 Å². The maximum atomic E-state index is 10.8. The third-order valence-corrected chi connectivity index (χ3v) is 3.98. The Bertz CT molecular complexity index is 314. The van der Waals surface area contributed by atoms with Gasteiger partial charge in [0.25, 0.3) is 0 Å². The molecule has 2 rings (SSSR count). The van der Waals surface area contributed by atoms with E-state index in [1.54, 1.807) is 6.08 Å². The van der Waals surface area contributed by atoms with Crippen molar-refractivity contribution in [3.8, 4) is 0 Å². The van der Waals surface area contributed by atoms with E-state index in [9.17, 15) is 5.11 Å². The molecule has 3 nitrogen and oxygen atoms in total. The van der Waals surface area contributed by atoms with E-state index in [0.717, 1.165) is 5.57 Å². The number of fused-ring (bicyclic) bond motifs is 2. The number of hydrogen-bond donors (Lipinski definition) is 2. The van der Waals surface area contributed by atoms with Crippen molar-refractivity contribution in [2.45, 2.75) is 38.6 Å². The summed E-state index contributed by atoms with van der Waals surface area (Å²) < 4.78 is 5.77. The Labute approximate surface area is 96.4 Å². The molecule has 0 aromatic rings. The first-order valence-corrected chi connectivity index (χ1v) is 5.84. The summed E-state index contributed by atoms with van der Waals surface area (Å²) >= 11 is 0. The third-order valence-electron chi connectivity index (χ3n) is 3.98. The molecule has 0 aromatic heterocycles. The molecule has 0 saturated carbocycles. The first-order chi connectivity index (χ1) is 7.49. The van der Waals surface area contributed by atoms with Crippen LogP contribution in [0.5, 0.6) is 0 Å². The standard InChI is InChI=1S/C13H20O3/c1-8(7-14)6-13(15)9(2)11-4-5-12(16-11)10(13)3/h4-6,9-12,14-15H,7H2,1-3H3/b8-6+/t9-,10+,11+,12-,13?. The number of rotatable bonds is 2. The lowest BCUT2D eigenvalue weighted by Gasteiger charge is -2.45. The summed E-state index contributed by atoms with van der Waals surface area (Å²) in [6, 6.07) is 0. The molecule has 16 heavy (non-hydrogen) atoms. The molecule has 0 aliphatic carbocycles. The van der Waals surface area contributed by atoms with Crippen molar-refractivity contribution in [2.24, 2.45) is 11.8 Å². The van der Waals surface area contributed by atoms with Crippen LogP contribution >= 0.6 is 0 Å². The number of ether oxygens (including phenoxy) is 1. The predicted molar refractivity (Wildman–Crippen MR) is 61.9 cm³/mol. The maximum Gasteiger partial charge on any atom is 0.0937 e. The van der Waals surface area contributed by atoms with Crippen molar-refractivity contribution in [1.29, 1.82) is 0 Å². The molecule has 90 valence electrons. The third kappa shape index (κ3) is 1.63. The number of aliphatic hydroxyl groups excluding tert-OH is 1. The van der Waals surface area contributed by atoms with Crippen LogP contribution in [0.15, 0.2) is 23.8 Å². The lowest BCUT2D eigenvalue weighted by Crippen LogP contribution is -2.54. The fraction of sp³-hybridized carbons (Fsp3) is 0.692. The van der Waals surface area contributed by atoms with Crippen molar-refractivity contribution in [3.63, 3.8) is 0 Å². The summed E-state index contributed by atoms with van der Waals surface area (Å²) in [5.74, 6) is 0.0259. The summed E-state index contributed by atoms with van der Waals surface area (Å²) in [7, 11) is 0. The lowest BCUT2D eigenvalue weighted by molar-refractivity contribution is -0.156. The van der Waals surface area contributed by atoms with Gasteiger partial charge in [-0.1, -0.05) is 32.1 Å². The molecule has 1 fully saturated rings. The van der Waals surface area contributed by atoms with Gasteiger partial charge >= 0.3 is 0 Å². The van der Waals surface area contributed by atoms with Gasteiger partial charge in [-0.25, -0.2) is 0 Å². The average molecular weight is 224 g/mol. The van der Waals surface area contributed by atoms with Gasteiger partial charge < -0.3 is 14.9 Å². The van der Waals surface area contributed by atoms with E-state index in [1.807, 2.05) is 32.9 Å². The molecular weight excluding hydrogens is 204 g/mol. The highest BCUT2D eigenvalue weighted by molar-refractivity contribution is 5.23. The molecule has 0 amide bonds. The first-order valence-electron chi connectivity index (χ1n) is 5.84. The highest BCUT2D eigenvalue weighted by atomic mass is 16.5. The molecule has 5 atom stereocenters. The SMILES string of the molecule is C/C(=C\C1(O)[C@H](C)[C@@H]2C=C[C@@H](O2)[C@@H]1C)CO. The second-order valence-corrected chi connectivity index (χ2v) is 5.06. The van der Waals surface area contributed by atoms with Crippen LogP contribution in [-0.2, 0) is 4.74 Å². The highest BCUT2D eigenvalue weighted by Gasteiger charge is 2.51. The Balaban J connectivity index is 2.33. The average Bonchev–Trinajstić information content (AvgIpc) is 2.71. The number of hydrogen-bond acceptors (Lipinski definition) is 3. The van der Waals surface area contributed by atoms with Gasteiger partial charge in [0.05, 0.1) is 24.4 Å². The van der Waals surface area contributed by atoms with Crippen molar-refractivity contribution < 1.29 is 14.9 Å². The fourth-order valence-corrected chi connectivity index (χ4v) is 2.70. The summed E-state index contributed by atoms with van der Waals surface area (Å²) in [5.41, 5.74) is -0.0772. The second-order valence-electron chi connectivity index (χ2n) is 5.06. The predicted octanol–water partition coefficient (Wildman–Crippen LogP) is 1.27. The van der Waals surface area contributed by atoms with Gasteiger partial charge in [0.2, 0.25) is 0 Å². The molecule has 3 heteroatoms. The van der Waals surface area contributed by atoms with Crippen LogP contribution in [0.2, 0.25) is 0 Å². The minimum Gasteiger partial charge on any atom is -0.392 e. The smallest absolute Gasteiger partial charge is 0.0937 e. The van der Waals surface area contributed by atoms with E-state index in [4.69, 9.17) is 9.84 Å². The highest BCUT2D eigenvalue weighted by Crippen LogP contribution is 2.44. The van der Waals surface area contributed by atoms with Gasteiger partial charge in [-0.2, -0.15) is 0 Å². The molecule has 2 aliphatic heterocycles. The van der Waals surface area contributed by atoms with E-state index < -0.39 is 5.60 Å². The lowest BCUT2D eigenvalue weighted by atomic mass is 9.72. The van der Waals surface area contributed by atoms with E-state index in [2.05, 4.69) is 0 Å². The van der Waals surface area contributed by atoms with Crippen LogP contribution in [0.4, 0.5) is 0 Å². The van der Waals surface area contributed by atoms with E-state index in [1.165, 1.54) is 0 Å². The Morgan fingerprint density at radius 2 is 1.81 bits per heavy atom. The van der Waals surface area contributed by atoms with Crippen molar-refractivity contribution in [3.05, 3.63) is 23.8 Å². The van der Waals surface area contributed by atoms with Crippen LogP contribution in [-0.4, -0.2) is 34.6 Å². The fourth-order valence-electron chi connectivity index (χ4n) is 2.70. The van der Waals surface area contributed by atoms with Crippen LogP contribution < -0.4 is 0 Å². The summed E-state index contributed by atoms with van der Waals surface area (Å²) in [5, 5.41) is 19.9. The molecule has 2 heterocycles. The van der Waals surface area contributed by atoms with Crippen LogP contribution in [0, 0.1) is 11.8 Å². The Morgan fingerprint density at radius 3 is 2.25 bits per heavy atom.